The van der Waals surface area contributed by atoms with Gasteiger partial charge in [0.25, 0.3) is 0 Å². The Balaban J connectivity index is 1.44. The van der Waals surface area contributed by atoms with Crippen LogP contribution in [0.4, 0.5) is 0 Å². The molecule has 3 rings (SSSR count). The molecule has 0 atom stereocenters. The van der Waals surface area contributed by atoms with Gasteiger partial charge >= 0.3 is 0 Å². The molecule has 1 N–H and O–H groups in total. The molecule has 2 aliphatic heterocycles. The highest BCUT2D eigenvalue weighted by Gasteiger charge is 2.33. The summed E-state index contributed by atoms with van der Waals surface area (Å²) in [5, 5.41) is 3.46. The van der Waals surface area contributed by atoms with Crippen molar-refractivity contribution in [1.29, 1.82) is 0 Å². The number of sulfonamides is 1. The van der Waals surface area contributed by atoms with Crippen molar-refractivity contribution >= 4 is 39.1 Å². The molecule has 1 amide bonds. The molecule has 2 fully saturated rings. The van der Waals surface area contributed by atoms with Gasteiger partial charge in [-0.2, -0.15) is 4.31 Å². The maximum absolute atomic E-state index is 12.9. The normalized spacial score (nSPS) is 19.9. The average molecular weight is 464 g/mol. The van der Waals surface area contributed by atoms with E-state index >= 15 is 0 Å². The monoisotopic (exact) mass is 463 g/mol. The SMILES string of the molecule is O=C(NCCCN1CCOCC1)C1CCN(S(=O)(=O)c2cc(Cl)ccc2Cl)CC1. The Hall–Kier alpha value is -0.900. The highest BCUT2D eigenvalue weighted by molar-refractivity contribution is 7.89. The van der Waals surface area contributed by atoms with Gasteiger partial charge in [-0.1, -0.05) is 23.2 Å². The average Bonchev–Trinajstić information content (AvgIpc) is 2.73. The molecule has 1 aromatic carbocycles. The third-order valence-electron chi connectivity index (χ3n) is 5.39. The lowest BCUT2D eigenvalue weighted by Crippen LogP contribution is -2.43. The largest absolute Gasteiger partial charge is 0.379 e. The predicted molar refractivity (Wildman–Crippen MR) is 113 cm³/mol. The second kappa shape index (κ2) is 10.4. The lowest BCUT2D eigenvalue weighted by Gasteiger charge is -2.31. The number of nitrogens with one attached hydrogen (secondary N) is 1. The van der Waals surface area contributed by atoms with Crippen LogP contribution in [0.1, 0.15) is 19.3 Å². The fourth-order valence-electron chi connectivity index (χ4n) is 3.66. The standard InChI is InChI=1S/C19H27Cl2N3O4S/c20-16-2-3-17(21)18(14-16)29(26,27)24-8-4-15(5-9-24)19(25)22-6-1-7-23-10-12-28-13-11-23/h2-3,14-15H,1,4-13H2,(H,22,25). The Morgan fingerprint density at radius 2 is 1.83 bits per heavy atom. The molecule has 0 spiro atoms. The van der Waals surface area contributed by atoms with Crippen molar-refractivity contribution in [1.82, 2.24) is 14.5 Å². The molecular weight excluding hydrogens is 437 g/mol. The van der Waals surface area contributed by atoms with E-state index in [-0.39, 0.29) is 34.8 Å². The Morgan fingerprint density at radius 3 is 2.52 bits per heavy atom. The number of nitrogens with zero attached hydrogens (tertiary/aromatic N) is 2. The second-order valence-electron chi connectivity index (χ2n) is 7.35. The summed E-state index contributed by atoms with van der Waals surface area (Å²) in [6.07, 6.45) is 1.88. The van der Waals surface area contributed by atoms with Crippen LogP contribution in [-0.2, 0) is 19.6 Å². The van der Waals surface area contributed by atoms with Gasteiger partial charge in [-0.15, -0.1) is 0 Å². The van der Waals surface area contributed by atoms with Crippen molar-refractivity contribution in [2.45, 2.75) is 24.2 Å². The van der Waals surface area contributed by atoms with Gasteiger partial charge in [-0.3, -0.25) is 9.69 Å². The first-order chi connectivity index (χ1) is 13.9. The zero-order valence-electron chi connectivity index (χ0n) is 16.3. The van der Waals surface area contributed by atoms with Gasteiger partial charge in [0.1, 0.15) is 4.90 Å². The van der Waals surface area contributed by atoms with E-state index in [0.29, 0.717) is 24.4 Å². The van der Waals surface area contributed by atoms with E-state index < -0.39 is 10.0 Å². The number of morpholine rings is 1. The minimum absolute atomic E-state index is 0.00446. The summed E-state index contributed by atoms with van der Waals surface area (Å²) in [6.45, 7) is 5.58. The third-order valence-corrected chi connectivity index (χ3v) is 8.01. The van der Waals surface area contributed by atoms with Gasteiger partial charge in [0, 0.05) is 43.7 Å². The zero-order chi connectivity index (χ0) is 20.9. The minimum atomic E-state index is -3.73. The summed E-state index contributed by atoms with van der Waals surface area (Å²) in [6, 6.07) is 4.40. The fourth-order valence-corrected chi connectivity index (χ4v) is 5.86. The lowest BCUT2D eigenvalue weighted by atomic mass is 9.97. The first-order valence-electron chi connectivity index (χ1n) is 9.91. The maximum Gasteiger partial charge on any atom is 0.244 e. The van der Waals surface area contributed by atoms with Gasteiger partial charge in [0.15, 0.2) is 0 Å². The topological polar surface area (TPSA) is 79.0 Å². The fraction of sp³-hybridized carbons (Fsp3) is 0.632. The molecule has 0 saturated carbocycles. The van der Waals surface area contributed by atoms with Crippen LogP contribution in [0.5, 0.6) is 0 Å². The van der Waals surface area contributed by atoms with E-state index in [4.69, 9.17) is 27.9 Å². The third kappa shape index (κ3) is 6.06. The smallest absolute Gasteiger partial charge is 0.244 e. The zero-order valence-corrected chi connectivity index (χ0v) is 18.6. The Labute approximate surface area is 182 Å². The van der Waals surface area contributed by atoms with Crippen LogP contribution in [0.25, 0.3) is 0 Å². The van der Waals surface area contributed by atoms with Crippen molar-refractivity contribution in [2.24, 2.45) is 5.92 Å². The van der Waals surface area contributed by atoms with Crippen LogP contribution < -0.4 is 5.32 Å². The first-order valence-corrected chi connectivity index (χ1v) is 12.1. The van der Waals surface area contributed by atoms with Gasteiger partial charge in [0.2, 0.25) is 15.9 Å². The lowest BCUT2D eigenvalue weighted by molar-refractivity contribution is -0.126. The minimum Gasteiger partial charge on any atom is -0.379 e. The molecule has 7 nitrogen and oxygen atoms in total. The highest BCUT2D eigenvalue weighted by atomic mass is 35.5. The maximum atomic E-state index is 12.9. The Kier molecular flexibility index (Phi) is 8.18. The number of hydrogen-bond acceptors (Lipinski definition) is 5. The predicted octanol–water partition coefficient (Wildman–Crippen LogP) is 2.23. The summed E-state index contributed by atoms with van der Waals surface area (Å²) in [5.74, 6) is -0.163. The molecule has 1 aromatic rings. The van der Waals surface area contributed by atoms with Gasteiger partial charge in [-0.25, -0.2) is 8.42 Å². The van der Waals surface area contributed by atoms with Gasteiger partial charge in [-0.05, 0) is 44.0 Å². The van der Waals surface area contributed by atoms with Crippen LogP contribution in [0.15, 0.2) is 23.1 Å². The summed E-state index contributed by atoms with van der Waals surface area (Å²) in [4.78, 5) is 14.8. The van der Waals surface area contributed by atoms with E-state index in [1.807, 2.05) is 0 Å². The molecule has 0 aliphatic carbocycles. The van der Waals surface area contributed by atoms with Crippen LogP contribution in [0, 0.1) is 5.92 Å². The molecule has 29 heavy (non-hydrogen) atoms. The van der Waals surface area contributed by atoms with E-state index in [0.717, 1.165) is 39.3 Å². The summed E-state index contributed by atoms with van der Waals surface area (Å²) >= 11 is 12.0. The van der Waals surface area contributed by atoms with E-state index in [1.54, 1.807) is 6.07 Å². The van der Waals surface area contributed by atoms with Crippen molar-refractivity contribution in [3.63, 3.8) is 0 Å². The van der Waals surface area contributed by atoms with Crippen LogP contribution in [0.2, 0.25) is 10.0 Å². The van der Waals surface area contributed by atoms with Gasteiger partial charge < -0.3 is 10.1 Å². The molecule has 0 radical (unpaired) electrons. The number of carbonyl (C=O) groups is 1. The van der Waals surface area contributed by atoms with E-state index in [9.17, 15) is 13.2 Å². The number of carbonyl (C=O) groups excluding carboxylic acids is 1. The molecule has 2 aliphatic rings. The second-order valence-corrected chi connectivity index (χ2v) is 10.1. The molecule has 0 unspecified atom stereocenters. The van der Waals surface area contributed by atoms with Crippen molar-refractivity contribution in [3.05, 3.63) is 28.2 Å². The number of piperidine rings is 1. The van der Waals surface area contributed by atoms with Crippen molar-refractivity contribution in [3.8, 4) is 0 Å². The Morgan fingerprint density at radius 1 is 1.14 bits per heavy atom. The van der Waals surface area contributed by atoms with Gasteiger partial charge in [0.05, 0.1) is 18.2 Å². The first kappa shape index (κ1) is 22.8. The van der Waals surface area contributed by atoms with Crippen LogP contribution >= 0.6 is 23.2 Å². The number of hydrogen-bond donors (Lipinski definition) is 1. The summed E-state index contributed by atoms with van der Waals surface area (Å²) in [5.41, 5.74) is 0. The molecule has 2 saturated heterocycles. The Bertz CT molecular complexity index is 808. The van der Waals surface area contributed by atoms with Crippen molar-refractivity contribution in [2.75, 3.05) is 52.5 Å². The number of amides is 1. The molecule has 162 valence electrons. The molecular formula is C19H27Cl2N3O4S. The summed E-state index contributed by atoms with van der Waals surface area (Å²) < 4.78 is 32.4. The number of rotatable bonds is 7. The number of ether oxygens (including phenoxy) is 1. The summed E-state index contributed by atoms with van der Waals surface area (Å²) in [7, 11) is -3.73. The number of benzene rings is 1. The van der Waals surface area contributed by atoms with Crippen LogP contribution in [0.3, 0.4) is 0 Å². The molecule has 10 heteroatoms. The number of halogens is 2. The van der Waals surface area contributed by atoms with E-state index in [2.05, 4.69) is 10.2 Å². The quantitative estimate of drug-likeness (QED) is 0.627. The van der Waals surface area contributed by atoms with E-state index in [1.165, 1.54) is 16.4 Å². The molecule has 0 bridgehead atoms. The van der Waals surface area contributed by atoms with Crippen molar-refractivity contribution < 1.29 is 17.9 Å². The highest BCUT2D eigenvalue weighted by Crippen LogP contribution is 2.30. The molecule has 0 aromatic heterocycles. The van der Waals surface area contributed by atoms with Crippen LogP contribution in [-0.4, -0.2) is 76.0 Å². The molecule has 2 heterocycles.